The van der Waals surface area contributed by atoms with Gasteiger partial charge in [0.1, 0.15) is 12.4 Å². The number of halogens is 2. The van der Waals surface area contributed by atoms with Crippen LogP contribution in [0.15, 0.2) is 42.5 Å². The van der Waals surface area contributed by atoms with Crippen molar-refractivity contribution in [3.8, 4) is 5.75 Å². The Morgan fingerprint density at radius 2 is 1.67 bits per heavy atom. The summed E-state index contributed by atoms with van der Waals surface area (Å²) in [5, 5.41) is 0. The first-order valence-corrected chi connectivity index (χ1v) is 6.59. The van der Waals surface area contributed by atoms with Crippen LogP contribution in [0.4, 0.5) is 8.78 Å². The molecule has 2 rings (SSSR count). The van der Waals surface area contributed by atoms with Crippen LogP contribution in [0, 0.1) is 13.8 Å². The van der Waals surface area contributed by atoms with Gasteiger partial charge in [0.25, 0.3) is 0 Å². The molecule has 0 amide bonds. The number of rotatable bonds is 5. The molecule has 2 aromatic carbocycles. The van der Waals surface area contributed by atoms with Gasteiger partial charge >= 0.3 is 6.43 Å². The number of alkyl halides is 2. The first-order chi connectivity index (χ1) is 9.99. The fraction of sp³-hybridized carbons (Fsp3) is 0.235. The molecule has 2 aromatic rings. The van der Waals surface area contributed by atoms with E-state index in [-0.39, 0.29) is 5.56 Å². The third kappa shape index (κ3) is 3.66. The van der Waals surface area contributed by atoms with Crippen LogP contribution >= 0.6 is 0 Å². The van der Waals surface area contributed by atoms with E-state index in [0.717, 1.165) is 5.56 Å². The summed E-state index contributed by atoms with van der Waals surface area (Å²) in [4.78, 5) is 11.5. The number of hydrogen-bond donors (Lipinski definition) is 0. The highest BCUT2D eigenvalue weighted by Gasteiger charge is 2.22. The maximum absolute atomic E-state index is 12.6. The van der Waals surface area contributed by atoms with E-state index in [2.05, 4.69) is 0 Å². The summed E-state index contributed by atoms with van der Waals surface area (Å²) >= 11 is 0. The minimum absolute atomic E-state index is 0.0806. The maximum atomic E-state index is 12.6. The van der Waals surface area contributed by atoms with E-state index in [0.29, 0.717) is 23.5 Å². The van der Waals surface area contributed by atoms with Gasteiger partial charge in [-0.3, -0.25) is 4.79 Å². The van der Waals surface area contributed by atoms with Gasteiger partial charge in [0.2, 0.25) is 5.78 Å². The largest absolute Gasteiger partial charge is 0.489 e. The smallest absolute Gasteiger partial charge is 0.300 e. The van der Waals surface area contributed by atoms with Crippen LogP contribution < -0.4 is 4.74 Å². The maximum Gasteiger partial charge on any atom is 0.300 e. The number of carbonyl (C=O) groups excluding carboxylic acids is 1. The van der Waals surface area contributed by atoms with Crippen molar-refractivity contribution in [1.82, 2.24) is 0 Å². The van der Waals surface area contributed by atoms with E-state index in [1.165, 1.54) is 0 Å². The summed E-state index contributed by atoms with van der Waals surface area (Å²) in [5.74, 6) is -0.570. The van der Waals surface area contributed by atoms with E-state index in [4.69, 9.17) is 4.74 Å². The van der Waals surface area contributed by atoms with E-state index < -0.39 is 12.2 Å². The molecule has 4 heteroatoms. The van der Waals surface area contributed by atoms with E-state index in [1.54, 1.807) is 26.0 Å². The van der Waals surface area contributed by atoms with Crippen molar-refractivity contribution < 1.29 is 18.3 Å². The summed E-state index contributed by atoms with van der Waals surface area (Å²) in [5.41, 5.74) is 2.10. The summed E-state index contributed by atoms with van der Waals surface area (Å²) in [7, 11) is 0. The molecule has 0 spiro atoms. The number of hydrogen-bond acceptors (Lipinski definition) is 2. The van der Waals surface area contributed by atoms with Crippen molar-refractivity contribution in [2.45, 2.75) is 26.9 Å². The van der Waals surface area contributed by atoms with Crippen molar-refractivity contribution in [3.05, 3.63) is 64.7 Å². The van der Waals surface area contributed by atoms with Gasteiger partial charge in [-0.05, 0) is 42.7 Å². The Morgan fingerprint density at radius 3 is 2.19 bits per heavy atom. The molecular weight excluding hydrogens is 274 g/mol. The molecule has 0 aromatic heterocycles. The van der Waals surface area contributed by atoms with Gasteiger partial charge in [-0.15, -0.1) is 0 Å². The lowest BCUT2D eigenvalue weighted by Crippen LogP contribution is -2.13. The van der Waals surface area contributed by atoms with Crippen molar-refractivity contribution in [2.75, 3.05) is 0 Å². The Morgan fingerprint density at radius 1 is 1.10 bits per heavy atom. The normalized spacial score (nSPS) is 10.7. The van der Waals surface area contributed by atoms with E-state index >= 15 is 0 Å². The molecule has 0 fully saturated rings. The predicted octanol–water partition coefficient (Wildman–Crippen LogP) is 4.33. The predicted molar refractivity (Wildman–Crippen MR) is 77.0 cm³/mol. The fourth-order valence-electron chi connectivity index (χ4n) is 2.25. The van der Waals surface area contributed by atoms with Gasteiger partial charge in [0, 0.05) is 5.56 Å². The van der Waals surface area contributed by atoms with Crippen LogP contribution in [-0.4, -0.2) is 12.2 Å². The number of ether oxygens (including phenoxy) is 1. The number of Topliss-reactive ketones (excluding diaryl/α,β-unsaturated/α-hetero) is 1. The van der Waals surface area contributed by atoms with Crippen LogP contribution in [0.2, 0.25) is 0 Å². The third-order valence-corrected chi connectivity index (χ3v) is 3.20. The molecule has 0 unspecified atom stereocenters. The lowest BCUT2D eigenvalue weighted by Gasteiger charge is -2.12. The van der Waals surface area contributed by atoms with Gasteiger partial charge < -0.3 is 4.74 Å². The van der Waals surface area contributed by atoms with Crippen molar-refractivity contribution >= 4 is 5.78 Å². The van der Waals surface area contributed by atoms with Gasteiger partial charge in [-0.25, -0.2) is 8.78 Å². The second kappa shape index (κ2) is 6.48. The lowest BCUT2D eigenvalue weighted by molar-refractivity contribution is 0.0677. The molecule has 0 aliphatic heterocycles. The molecule has 2 nitrogen and oxygen atoms in total. The minimum atomic E-state index is -2.99. The lowest BCUT2D eigenvalue weighted by atomic mass is 9.99. The molecule has 0 heterocycles. The molecule has 21 heavy (non-hydrogen) atoms. The minimum Gasteiger partial charge on any atom is -0.489 e. The third-order valence-electron chi connectivity index (χ3n) is 3.20. The van der Waals surface area contributed by atoms with Crippen LogP contribution in [0.1, 0.15) is 27.0 Å². The number of aryl methyl sites for hydroxylation is 2. The summed E-state index contributed by atoms with van der Waals surface area (Å²) in [6, 6.07) is 12.9. The Hall–Kier alpha value is -2.23. The highest BCUT2D eigenvalue weighted by Crippen LogP contribution is 2.24. The van der Waals surface area contributed by atoms with Gasteiger partial charge in [-0.1, -0.05) is 30.3 Å². The highest BCUT2D eigenvalue weighted by atomic mass is 19.3. The molecule has 110 valence electrons. The molecule has 0 atom stereocenters. The van der Waals surface area contributed by atoms with Crippen molar-refractivity contribution in [2.24, 2.45) is 0 Å². The second-order valence-electron chi connectivity index (χ2n) is 4.87. The standard InChI is InChI=1S/C17H16F2O2/c1-11-8-14(21-10-13-6-4-3-5-7-13)9-12(2)15(11)16(20)17(18)19/h3-9,17H,10H2,1-2H3. The highest BCUT2D eigenvalue weighted by molar-refractivity contribution is 6.01. The van der Waals surface area contributed by atoms with Gasteiger partial charge in [0.15, 0.2) is 0 Å². The quantitative estimate of drug-likeness (QED) is 0.766. The Kier molecular flexibility index (Phi) is 4.68. The zero-order valence-corrected chi connectivity index (χ0v) is 11.9. The summed E-state index contributed by atoms with van der Waals surface area (Å²) in [6.07, 6.45) is -2.99. The molecule has 0 aliphatic carbocycles. The van der Waals surface area contributed by atoms with E-state index in [9.17, 15) is 13.6 Å². The molecule has 0 radical (unpaired) electrons. The fourth-order valence-corrected chi connectivity index (χ4v) is 2.25. The molecule has 0 saturated carbocycles. The Bertz CT molecular complexity index is 613. The summed E-state index contributed by atoms with van der Waals surface area (Å²) in [6.45, 7) is 3.66. The average molecular weight is 290 g/mol. The van der Waals surface area contributed by atoms with Gasteiger partial charge in [0.05, 0.1) is 0 Å². The first kappa shape index (κ1) is 15.2. The first-order valence-electron chi connectivity index (χ1n) is 6.59. The van der Waals surface area contributed by atoms with Crippen molar-refractivity contribution in [3.63, 3.8) is 0 Å². The Balaban J connectivity index is 2.18. The monoisotopic (exact) mass is 290 g/mol. The molecule has 0 aliphatic rings. The molecule has 0 N–H and O–H groups in total. The van der Waals surface area contributed by atoms with Crippen LogP contribution in [-0.2, 0) is 6.61 Å². The number of carbonyl (C=O) groups is 1. The number of benzene rings is 2. The Labute approximate surface area is 122 Å². The SMILES string of the molecule is Cc1cc(OCc2ccccc2)cc(C)c1C(=O)C(F)F. The molecule has 0 saturated heterocycles. The second-order valence-corrected chi connectivity index (χ2v) is 4.87. The molecular formula is C17H16F2O2. The van der Waals surface area contributed by atoms with E-state index in [1.807, 2.05) is 30.3 Å². The zero-order chi connectivity index (χ0) is 15.4. The van der Waals surface area contributed by atoms with Crippen LogP contribution in [0.25, 0.3) is 0 Å². The van der Waals surface area contributed by atoms with Crippen molar-refractivity contribution in [1.29, 1.82) is 0 Å². The number of ketones is 1. The summed E-state index contributed by atoms with van der Waals surface area (Å²) < 4.78 is 30.8. The average Bonchev–Trinajstić information content (AvgIpc) is 2.45. The van der Waals surface area contributed by atoms with Crippen LogP contribution in [0.5, 0.6) is 5.75 Å². The van der Waals surface area contributed by atoms with Gasteiger partial charge in [-0.2, -0.15) is 0 Å². The van der Waals surface area contributed by atoms with Crippen LogP contribution in [0.3, 0.4) is 0 Å². The topological polar surface area (TPSA) is 26.3 Å². The molecule has 0 bridgehead atoms. The zero-order valence-electron chi connectivity index (χ0n) is 11.9.